The van der Waals surface area contributed by atoms with E-state index in [9.17, 15) is 15.0 Å². The zero-order chi connectivity index (χ0) is 18.3. The second kappa shape index (κ2) is 8.81. The minimum absolute atomic E-state index is 0.0541. The average Bonchev–Trinajstić information content (AvgIpc) is 2.50. The van der Waals surface area contributed by atoms with E-state index >= 15 is 0 Å². The van der Waals surface area contributed by atoms with Gasteiger partial charge in [-0.25, -0.2) is 4.79 Å². The largest absolute Gasteiger partial charge is 0.478 e. The van der Waals surface area contributed by atoms with Crippen LogP contribution >= 0.6 is 0 Å². The first kappa shape index (κ1) is 20.1. The van der Waals surface area contributed by atoms with Crippen molar-refractivity contribution in [3.63, 3.8) is 0 Å². The van der Waals surface area contributed by atoms with Crippen LogP contribution in [0.4, 0.5) is 0 Å². The van der Waals surface area contributed by atoms with E-state index in [4.69, 9.17) is 5.11 Å². The number of hydrogen-bond donors (Lipinski definition) is 3. The number of carboxylic acid groups (broad SMARTS) is 1. The molecule has 0 amide bonds. The van der Waals surface area contributed by atoms with Gasteiger partial charge in [0.2, 0.25) is 0 Å². The Morgan fingerprint density at radius 2 is 1.96 bits per heavy atom. The molecule has 0 fully saturated rings. The molecule has 24 heavy (non-hydrogen) atoms. The summed E-state index contributed by atoms with van der Waals surface area (Å²) in [5.41, 5.74) is 3.24. The van der Waals surface area contributed by atoms with Gasteiger partial charge in [-0.2, -0.15) is 0 Å². The van der Waals surface area contributed by atoms with Crippen LogP contribution in [0.5, 0.6) is 0 Å². The number of aliphatic carboxylic acids is 1. The molecule has 0 aromatic heterocycles. The average molecular weight is 332 g/mol. The lowest BCUT2D eigenvalue weighted by Gasteiger charge is -2.37. The first-order valence-corrected chi connectivity index (χ1v) is 8.14. The van der Waals surface area contributed by atoms with E-state index in [1.807, 2.05) is 39.0 Å². The molecule has 0 saturated carbocycles. The number of allylic oxidation sites excluding steroid dienone is 7. The number of carbonyl (C=O) groups is 1. The third-order valence-electron chi connectivity index (χ3n) is 4.48. The van der Waals surface area contributed by atoms with Gasteiger partial charge in [-0.15, -0.1) is 0 Å². The van der Waals surface area contributed by atoms with Gasteiger partial charge in [-0.3, -0.25) is 0 Å². The molecule has 0 aromatic carbocycles. The molecule has 1 aliphatic carbocycles. The van der Waals surface area contributed by atoms with E-state index in [0.717, 1.165) is 29.2 Å². The predicted octanol–water partition coefficient (Wildman–Crippen LogP) is 3.55. The number of hydrogen-bond acceptors (Lipinski definition) is 3. The van der Waals surface area contributed by atoms with Gasteiger partial charge in [0, 0.05) is 11.5 Å². The summed E-state index contributed by atoms with van der Waals surface area (Å²) in [6.45, 7) is 7.66. The maximum absolute atomic E-state index is 10.5. The lowest BCUT2D eigenvalue weighted by Crippen LogP contribution is -2.32. The van der Waals surface area contributed by atoms with Crippen molar-refractivity contribution in [2.75, 3.05) is 6.61 Å². The Kier molecular flexibility index (Phi) is 7.39. The van der Waals surface area contributed by atoms with Gasteiger partial charge >= 0.3 is 5.97 Å². The smallest absolute Gasteiger partial charge is 0.328 e. The zero-order valence-electron chi connectivity index (χ0n) is 14.9. The van der Waals surface area contributed by atoms with Crippen molar-refractivity contribution in [1.29, 1.82) is 0 Å². The highest BCUT2D eigenvalue weighted by atomic mass is 16.4. The molecule has 0 heterocycles. The maximum atomic E-state index is 10.5. The van der Waals surface area contributed by atoms with Gasteiger partial charge in [0.15, 0.2) is 0 Å². The Bertz CT molecular complexity index is 620. The molecule has 1 rings (SSSR count). The fourth-order valence-corrected chi connectivity index (χ4v) is 2.82. The van der Waals surface area contributed by atoms with Crippen LogP contribution in [0.25, 0.3) is 0 Å². The number of carboxylic acids is 1. The first-order chi connectivity index (χ1) is 11.2. The van der Waals surface area contributed by atoms with Crippen molar-refractivity contribution in [3.05, 3.63) is 58.7 Å². The van der Waals surface area contributed by atoms with Crippen LogP contribution in [-0.2, 0) is 4.79 Å². The lowest BCUT2D eigenvalue weighted by molar-refractivity contribution is -0.131. The Morgan fingerprint density at radius 1 is 1.29 bits per heavy atom. The molecule has 0 saturated heterocycles. The maximum Gasteiger partial charge on any atom is 0.328 e. The molecular formula is C20H28O4. The number of rotatable bonds is 6. The molecule has 4 nitrogen and oxygen atoms in total. The predicted molar refractivity (Wildman–Crippen MR) is 96.6 cm³/mol. The van der Waals surface area contributed by atoms with Crippen LogP contribution in [-0.4, -0.2) is 34.0 Å². The summed E-state index contributed by atoms with van der Waals surface area (Å²) < 4.78 is 0. The van der Waals surface area contributed by atoms with E-state index in [1.165, 1.54) is 0 Å². The van der Waals surface area contributed by atoms with Crippen LogP contribution in [0.15, 0.2) is 58.7 Å². The van der Waals surface area contributed by atoms with Crippen LogP contribution < -0.4 is 0 Å². The Morgan fingerprint density at radius 3 is 2.54 bits per heavy atom. The lowest BCUT2D eigenvalue weighted by atomic mass is 9.70. The highest BCUT2D eigenvalue weighted by Crippen LogP contribution is 2.41. The van der Waals surface area contributed by atoms with Crippen molar-refractivity contribution < 1.29 is 20.1 Å². The Labute approximate surface area is 144 Å². The summed E-state index contributed by atoms with van der Waals surface area (Å²) in [4.78, 5) is 10.5. The summed E-state index contributed by atoms with van der Waals surface area (Å²) in [5.74, 6) is -0.959. The van der Waals surface area contributed by atoms with Crippen LogP contribution in [0.2, 0.25) is 0 Å². The third kappa shape index (κ3) is 5.62. The molecular weight excluding hydrogens is 304 g/mol. The summed E-state index contributed by atoms with van der Waals surface area (Å²) in [5, 5.41) is 28.5. The van der Waals surface area contributed by atoms with E-state index in [-0.39, 0.29) is 12.0 Å². The minimum atomic E-state index is -0.959. The second-order valence-electron chi connectivity index (χ2n) is 6.70. The molecule has 132 valence electrons. The first-order valence-electron chi connectivity index (χ1n) is 8.14. The Hall–Kier alpha value is -1.91. The van der Waals surface area contributed by atoms with Crippen molar-refractivity contribution in [1.82, 2.24) is 0 Å². The topological polar surface area (TPSA) is 77.8 Å². The molecule has 1 aliphatic rings. The summed E-state index contributed by atoms with van der Waals surface area (Å²) in [6.07, 6.45) is 11.5. The van der Waals surface area contributed by atoms with Crippen molar-refractivity contribution >= 4 is 5.97 Å². The highest BCUT2D eigenvalue weighted by molar-refractivity contribution is 5.81. The van der Waals surface area contributed by atoms with E-state index in [1.54, 1.807) is 19.1 Å². The molecule has 0 radical (unpaired) electrons. The summed E-state index contributed by atoms with van der Waals surface area (Å²) >= 11 is 0. The molecule has 4 heteroatoms. The number of aliphatic hydroxyl groups excluding tert-OH is 2. The van der Waals surface area contributed by atoms with Crippen molar-refractivity contribution in [2.24, 2.45) is 5.41 Å². The second-order valence-corrected chi connectivity index (χ2v) is 6.70. The molecule has 0 bridgehead atoms. The summed E-state index contributed by atoms with van der Waals surface area (Å²) in [7, 11) is 0. The normalized spacial score (nSPS) is 26.7. The fraction of sp³-hybridized carbons (Fsp3) is 0.450. The Balaban J connectivity index is 2.93. The van der Waals surface area contributed by atoms with Gasteiger partial charge in [0.05, 0.1) is 12.7 Å². The standard InChI is InChI=1S/C20H28O4/c1-14(6-5-7-15(2)12-19(23)24)8-9-17-16(3)18(22)10-11-20(17,4)13-21/h5-9,12,18,21-22H,10-11,13H2,1-4H3,(H,23,24)/b7-5+,9-8+,14-6+,15-12+. The molecule has 2 atom stereocenters. The monoisotopic (exact) mass is 332 g/mol. The van der Waals surface area contributed by atoms with Gasteiger partial charge in [-0.1, -0.05) is 42.9 Å². The van der Waals surface area contributed by atoms with Crippen LogP contribution in [0.3, 0.4) is 0 Å². The zero-order valence-corrected chi connectivity index (χ0v) is 14.9. The molecule has 3 N–H and O–H groups in total. The fourth-order valence-electron chi connectivity index (χ4n) is 2.82. The molecule has 2 unspecified atom stereocenters. The van der Waals surface area contributed by atoms with Gasteiger partial charge in [-0.05, 0) is 50.3 Å². The van der Waals surface area contributed by atoms with E-state index in [2.05, 4.69) is 0 Å². The van der Waals surface area contributed by atoms with Crippen molar-refractivity contribution in [2.45, 2.75) is 46.6 Å². The van der Waals surface area contributed by atoms with E-state index in [0.29, 0.717) is 12.0 Å². The van der Waals surface area contributed by atoms with E-state index < -0.39 is 12.1 Å². The SMILES string of the molecule is CC1=C(/C=C/C(C)=C/C=C/C(C)=C/C(=O)O)C(C)(CO)CCC1O. The minimum Gasteiger partial charge on any atom is -0.478 e. The van der Waals surface area contributed by atoms with Gasteiger partial charge in [0.25, 0.3) is 0 Å². The quantitative estimate of drug-likeness (QED) is 0.513. The highest BCUT2D eigenvalue weighted by Gasteiger charge is 2.34. The summed E-state index contributed by atoms with van der Waals surface area (Å²) in [6, 6.07) is 0. The van der Waals surface area contributed by atoms with Crippen molar-refractivity contribution in [3.8, 4) is 0 Å². The van der Waals surface area contributed by atoms with Gasteiger partial charge < -0.3 is 15.3 Å². The number of aliphatic hydroxyl groups is 2. The molecule has 0 aliphatic heterocycles. The third-order valence-corrected chi connectivity index (χ3v) is 4.48. The van der Waals surface area contributed by atoms with Gasteiger partial charge in [0.1, 0.15) is 0 Å². The van der Waals surface area contributed by atoms with Crippen LogP contribution in [0.1, 0.15) is 40.5 Å². The molecule has 0 aromatic rings. The molecule has 0 spiro atoms. The van der Waals surface area contributed by atoms with Crippen LogP contribution in [0, 0.1) is 5.41 Å².